The highest BCUT2D eigenvalue weighted by Gasteiger charge is 2.40. The number of benzene rings is 1. The maximum atomic E-state index is 11.4. The van der Waals surface area contributed by atoms with Gasteiger partial charge < -0.3 is 9.84 Å². The molecule has 0 fully saturated rings. The molecular formula is C16H19NO3. The fourth-order valence-electron chi connectivity index (χ4n) is 2.52. The number of carbonyl (C=O) groups excluding carboxylic acids is 1. The molecule has 1 aromatic rings. The summed E-state index contributed by atoms with van der Waals surface area (Å²) < 4.78 is 5.44. The molecule has 0 saturated heterocycles. The van der Waals surface area contributed by atoms with Crippen molar-refractivity contribution in [3.8, 4) is 0 Å². The van der Waals surface area contributed by atoms with Gasteiger partial charge in [-0.25, -0.2) is 0 Å². The van der Waals surface area contributed by atoms with E-state index in [0.717, 1.165) is 11.8 Å². The number of rotatable bonds is 4. The molecule has 0 aliphatic heterocycles. The van der Waals surface area contributed by atoms with Gasteiger partial charge in [-0.2, -0.15) is 0 Å². The molecule has 0 spiro atoms. The summed E-state index contributed by atoms with van der Waals surface area (Å²) in [7, 11) is 5.08. The zero-order valence-corrected chi connectivity index (χ0v) is 11.9. The molecule has 0 radical (unpaired) electrons. The Labute approximate surface area is 119 Å². The second-order valence-corrected chi connectivity index (χ2v) is 5.00. The van der Waals surface area contributed by atoms with Gasteiger partial charge in [0.15, 0.2) is 5.72 Å². The maximum absolute atomic E-state index is 11.4. The Morgan fingerprint density at radius 1 is 1.30 bits per heavy atom. The first-order chi connectivity index (χ1) is 9.55. The molecule has 4 heteroatoms. The number of methoxy groups -OCH3 is 1. The van der Waals surface area contributed by atoms with E-state index in [4.69, 9.17) is 4.74 Å². The van der Waals surface area contributed by atoms with Gasteiger partial charge in [0.25, 0.3) is 0 Å². The second kappa shape index (κ2) is 5.61. The Morgan fingerprint density at radius 3 is 2.45 bits per heavy atom. The molecule has 0 bridgehead atoms. The minimum atomic E-state index is -1.08. The van der Waals surface area contributed by atoms with Crippen LogP contribution in [0, 0.1) is 0 Å². The fourth-order valence-corrected chi connectivity index (χ4v) is 2.52. The monoisotopic (exact) mass is 273 g/mol. The number of likely N-dealkylation sites (N-methyl/N-ethyl adjacent to an activating group) is 1. The van der Waals surface area contributed by atoms with Crippen molar-refractivity contribution in [2.24, 2.45) is 0 Å². The normalized spacial score (nSPS) is 26.1. The van der Waals surface area contributed by atoms with Crippen LogP contribution in [-0.2, 0) is 9.53 Å². The van der Waals surface area contributed by atoms with Crippen molar-refractivity contribution in [2.45, 2.75) is 11.6 Å². The summed E-state index contributed by atoms with van der Waals surface area (Å²) in [4.78, 5) is 13.1. The largest absolute Gasteiger partial charge is 0.508 e. The number of hydrogen-bond acceptors (Lipinski definition) is 4. The lowest BCUT2D eigenvalue weighted by molar-refractivity contribution is -0.106. The van der Waals surface area contributed by atoms with Crippen molar-refractivity contribution in [3.05, 3.63) is 59.4 Å². The molecule has 4 nitrogen and oxygen atoms in total. The molecule has 2 rings (SSSR count). The fraction of sp³-hybridized carbons (Fsp3) is 0.312. The van der Waals surface area contributed by atoms with E-state index >= 15 is 0 Å². The topological polar surface area (TPSA) is 49.8 Å². The molecule has 0 amide bonds. The number of ether oxygens (including phenoxy) is 1. The van der Waals surface area contributed by atoms with Gasteiger partial charge in [-0.15, -0.1) is 0 Å². The van der Waals surface area contributed by atoms with Gasteiger partial charge in [-0.3, -0.25) is 9.69 Å². The minimum absolute atomic E-state index is 0.0875. The highest BCUT2D eigenvalue weighted by Crippen LogP contribution is 2.37. The predicted molar refractivity (Wildman–Crippen MR) is 77.5 cm³/mol. The van der Waals surface area contributed by atoms with Crippen LogP contribution in [0.4, 0.5) is 0 Å². The second-order valence-electron chi connectivity index (χ2n) is 5.00. The lowest BCUT2D eigenvalue weighted by atomic mass is 9.84. The van der Waals surface area contributed by atoms with Gasteiger partial charge in [0.2, 0.25) is 0 Å². The van der Waals surface area contributed by atoms with Crippen LogP contribution < -0.4 is 0 Å². The standard InChI is InChI=1S/C16H19NO3/c1-17(2)16(20-3)10-13(11-18)14(9-15(16)19)12-7-5-4-6-8-12/h4-11,14,19H,1-3H3. The third-order valence-corrected chi connectivity index (χ3v) is 3.68. The van der Waals surface area contributed by atoms with Gasteiger partial charge >= 0.3 is 0 Å². The van der Waals surface area contributed by atoms with Crippen LogP contribution >= 0.6 is 0 Å². The van der Waals surface area contributed by atoms with Gasteiger partial charge in [0.05, 0.1) is 0 Å². The average molecular weight is 273 g/mol. The van der Waals surface area contributed by atoms with Crippen LogP contribution in [0.1, 0.15) is 11.5 Å². The first-order valence-corrected chi connectivity index (χ1v) is 6.42. The lowest BCUT2D eigenvalue weighted by Crippen LogP contribution is -2.48. The van der Waals surface area contributed by atoms with Gasteiger partial charge in [-0.05, 0) is 31.8 Å². The SMILES string of the molecule is COC1(N(C)C)C=C(C=O)C(c2ccccc2)C=C1O. The molecule has 2 atom stereocenters. The summed E-state index contributed by atoms with van der Waals surface area (Å²) in [5.74, 6) is -0.165. The highest BCUT2D eigenvalue weighted by atomic mass is 16.5. The van der Waals surface area contributed by atoms with Crippen molar-refractivity contribution in [2.75, 3.05) is 21.2 Å². The van der Waals surface area contributed by atoms with Crippen molar-refractivity contribution in [1.29, 1.82) is 0 Å². The van der Waals surface area contributed by atoms with Crippen LogP contribution in [0.2, 0.25) is 0 Å². The molecule has 0 aromatic heterocycles. The number of carbonyl (C=O) groups is 1. The molecular weight excluding hydrogens is 254 g/mol. The maximum Gasteiger partial charge on any atom is 0.198 e. The summed E-state index contributed by atoms with van der Waals surface area (Å²) in [5.41, 5.74) is 0.451. The third-order valence-electron chi connectivity index (χ3n) is 3.68. The smallest absolute Gasteiger partial charge is 0.198 e. The zero-order valence-electron chi connectivity index (χ0n) is 11.9. The molecule has 20 heavy (non-hydrogen) atoms. The van der Waals surface area contributed by atoms with Gasteiger partial charge in [0.1, 0.15) is 12.0 Å². The molecule has 1 aliphatic rings. The number of hydrogen-bond donors (Lipinski definition) is 1. The van der Waals surface area contributed by atoms with E-state index in [2.05, 4.69) is 0 Å². The summed E-state index contributed by atoms with van der Waals surface area (Å²) in [6.07, 6.45) is 4.16. The Hall–Kier alpha value is -1.91. The summed E-state index contributed by atoms with van der Waals surface area (Å²) >= 11 is 0. The molecule has 2 unspecified atom stereocenters. The molecule has 1 aromatic carbocycles. The number of aldehydes is 1. The van der Waals surface area contributed by atoms with E-state index in [1.165, 1.54) is 7.11 Å². The Balaban J connectivity index is 2.51. The third kappa shape index (κ3) is 2.28. The lowest BCUT2D eigenvalue weighted by Gasteiger charge is -2.39. The van der Waals surface area contributed by atoms with Crippen molar-refractivity contribution in [1.82, 2.24) is 4.90 Å². The zero-order chi connectivity index (χ0) is 14.8. The van der Waals surface area contributed by atoms with E-state index in [-0.39, 0.29) is 11.7 Å². The highest BCUT2D eigenvalue weighted by molar-refractivity contribution is 5.78. The Kier molecular flexibility index (Phi) is 4.06. The molecule has 1 N–H and O–H groups in total. The average Bonchev–Trinajstić information content (AvgIpc) is 2.47. The summed E-state index contributed by atoms with van der Waals surface area (Å²) in [6, 6.07) is 9.60. The number of aliphatic hydroxyl groups excluding tert-OH is 1. The van der Waals surface area contributed by atoms with Crippen LogP contribution in [0.25, 0.3) is 0 Å². The minimum Gasteiger partial charge on any atom is -0.508 e. The van der Waals surface area contributed by atoms with E-state index in [1.807, 2.05) is 30.3 Å². The molecule has 0 heterocycles. The van der Waals surface area contributed by atoms with Gasteiger partial charge in [0, 0.05) is 18.6 Å². The van der Waals surface area contributed by atoms with E-state index in [9.17, 15) is 9.90 Å². The van der Waals surface area contributed by atoms with E-state index in [0.29, 0.717) is 5.57 Å². The van der Waals surface area contributed by atoms with Crippen LogP contribution in [0.3, 0.4) is 0 Å². The van der Waals surface area contributed by atoms with Crippen LogP contribution in [-0.4, -0.2) is 43.2 Å². The Bertz CT molecular complexity index is 548. The quantitative estimate of drug-likeness (QED) is 0.675. The van der Waals surface area contributed by atoms with Crippen molar-refractivity contribution < 1.29 is 14.6 Å². The first-order valence-electron chi connectivity index (χ1n) is 6.42. The molecule has 1 aliphatic carbocycles. The van der Waals surface area contributed by atoms with Gasteiger partial charge in [-0.1, -0.05) is 30.3 Å². The molecule has 106 valence electrons. The predicted octanol–water partition coefficient (Wildman–Crippen LogP) is 2.26. The van der Waals surface area contributed by atoms with Crippen LogP contribution in [0.5, 0.6) is 0 Å². The number of allylic oxidation sites excluding steroid dienone is 2. The Morgan fingerprint density at radius 2 is 1.95 bits per heavy atom. The van der Waals surface area contributed by atoms with Crippen molar-refractivity contribution in [3.63, 3.8) is 0 Å². The summed E-state index contributed by atoms with van der Waals surface area (Å²) in [5, 5.41) is 10.4. The molecule has 0 saturated carbocycles. The van der Waals surface area contributed by atoms with E-state index < -0.39 is 5.72 Å². The van der Waals surface area contributed by atoms with Crippen LogP contribution in [0.15, 0.2) is 53.8 Å². The summed E-state index contributed by atoms with van der Waals surface area (Å²) in [6.45, 7) is 0. The first kappa shape index (κ1) is 14.5. The number of nitrogens with zero attached hydrogens (tertiary/aromatic N) is 1. The number of aliphatic hydroxyl groups is 1. The van der Waals surface area contributed by atoms with E-state index in [1.54, 1.807) is 31.1 Å². The van der Waals surface area contributed by atoms with Crippen molar-refractivity contribution >= 4 is 6.29 Å².